The van der Waals surface area contributed by atoms with Crippen molar-refractivity contribution in [2.24, 2.45) is 49.3 Å². The summed E-state index contributed by atoms with van der Waals surface area (Å²) in [6, 6.07) is 65.1. The van der Waals surface area contributed by atoms with Crippen molar-refractivity contribution in [3.05, 3.63) is 372 Å². The van der Waals surface area contributed by atoms with Gasteiger partial charge in [-0.15, -0.1) is 0 Å². The standard InChI is InChI=1S/C19H26N.C18H24N.2C17H22N.2C16H20N.C15H18N/c1-13(2)16-7-9-18(15(5)11-16)19-10-8-17(14(3)4)12-20(19)6;1-12(2)16-7-8-17(14(4)9-16)18-10-13(3)15(5)11-19(18)6;1-12(2)15-7-8-16(14(4)10-15)17-9-6-13(3)11-18(17)5;1-12(2)15-7-9-17(18(5)11-15)16-8-6-13(3)10-14(16)4;1-11-6-7-15(13(3)8-11)16-9-12(2)14(4)10-17(16)5;1-5-14-7-8-15(13(3)10-14)16-9-6-12(2)11-17(16)4;1-11-5-7-14(13(3)9-11)15-8-6-12(2)10-16(15)4/h7-14H,1-6H3;7-12H,1-6H3;2*6-12H,1-5H3;6-10H,1-5H3;6-11H,5H2,1-4H3;5-10H,1-4H3/q7*+1/i;;1D3,3D3,12D;;;1D3,2D3,5D2;1D3,2D3. The number of nitrogens with zero attached hydrogens (tertiary/aromatic N) is 7. The van der Waals surface area contributed by atoms with Gasteiger partial charge in [0, 0.05) is 149 Å². The van der Waals surface area contributed by atoms with E-state index in [9.17, 15) is 0 Å². The van der Waals surface area contributed by atoms with Crippen LogP contribution in [0.25, 0.3) is 78.8 Å². The summed E-state index contributed by atoms with van der Waals surface area (Å²) in [6.45, 7) is 32.6. The number of hydrogen-bond donors (Lipinski definition) is 0. The van der Waals surface area contributed by atoms with E-state index >= 15 is 0 Å². The Morgan fingerprint density at radius 2 is 0.488 bits per heavy atom. The van der Waals surface area contributed by atoms with Crippen LogP contribution in [-0.2, 0) is 55.7 Å². The Kier molecular flexibility index (Phi) is 25.8. The van der Waals surface area contributed by atoms with E-state index in [1.54, 1.807) is 127 Å². The molecule has 0 fully saturated rings. The van der Waals surface area contributed by atoms with Gasteiger partial charge in [0.1, 0.15) is 49.3 Å². The Hall–Kier alpha value is -11.4. The number of benzene rings is 7. The molecule has 7 heteroatoms. The second kappa shape index (κ2) is 45.0. The van der Waals surface area contributed by atoms with Gasteiger partial charge in [-0.1, -0.05) is 178 Å². The smallest absolute Gasteiger partial charge is 0.201 e. The molecule has 0 bridgehead atoms. The van der Waals surface area contributed by atoms with Gasteiger partial charge in [0.2, 0.25) is 39.9 Å². The lowest BCUT2D eigenvalue weighted by molar-refractivity contribution is -0.661. The molecular weight excluding hydrogens is 1520 g/mol. The molecule has 0 spiro atoms. The van der Waals surface area contributed by atoms with Crippen molar-refractivity contribution in [1.82, 2.24) is 0 Å². The van der Waals surface area contributed by atoms with Crippen LogP contribution in [0, 0.1) is 117 Å². The Morgan fingerprint density at radius 3 is 0.784 bits per heavy atom. The normalized spacial score (nSPS) is 14.6. The molecule has 14 rings (SSSR count). The lowest BCUT2D eigenvalue weighted by Gasteiger charge is -2.11. The van der Waals surface area contributed by atoms with E-state index in [4.69, 9.17) is 28.8 Å². The first kappa shape index (κ1) is 71.8. The molecule has 7 aromatic carbocycles. The summed E-state index contributed by atoms with van der Waals surface area (Å²) in [5.41, 5.74) is 38.3. The number of aromatic nitrogens is 7. The van der Waals surface area contributed by atoms with Gasteiger partial charge in [-0.3, -0.25) is 0 Å². The highest BCUT2D eigenvalue weighted by Crippen LogP contribution is 2.32. The van der Waals surface area contributed by atoms with E-state index in [-0.39, 0.29) is 22.3 Å². The topological polar surface area (TPSA) is 27.2 Å². The van der Waals surface area contributed by atoms with Crippen molar-refractivity contribution >= 4 is 0 Å². The monoisotopic (exact) mass is 1690 g/mol. The van der Waals surface area contributed by atoms with E-state index in [2.05, 4.69) is 305 Å². The summed E-state index contributed by atoms with van der Waals surface area (Å²) in [7, 11) is 13.8. The molecule has 0 aliphatic heterocycles. The minimum atomic E-state index is -2.76. The zero-order valence-electron chi connectivity index (χ0n) is 101. The Labute approximate surface area is 786 Å². The maximum Gasteiger partial charge on any atom is 0.212 e. The van der Waals surface area contributed by atoms with E-state index in [1.807, 2.05) is 13.8 Å². The van der Waals surface area contributed by atoms with Gasteiger partial charge in [-0.25, -0.2) is 32.0 Å². The van der Waals surface area contributed by atoms with Crippen LogP contribution in [0.5, 0.6) is 0 Å². The molecule has 7 aromatic heterocycles. The van der Waals surface area contributed by atoms with Gasteiger partial charge in [0.15, 0.2) is 43.4 Å². The number of pyridine rings is 7. The second-order valence-electron chi connectivity index (χ2n) is 35.2. The summed E-state index contributed by atoms with van der Waals surface area (Å²) in [6.07, 6.45) is 11.1. The molecule has 1 unspecified atom stereocenters. The quantitative estimate of drug-likeness (QED) is 0.103. The summed E-state index contributed by atoms with van der Waals surface area (Å²) >= 11 is 0. The van der Waals surface area contributed by atoms with Crippen molar-refractivity contribution < 1.29 is 60.8 Å². The van der Waals surface area contributed by atoms with E-state index in [0.29, 0.717) is 40.4 Å². The molecule has 0 saturated heterocycles. The zero-order valence-corrected chi connectivity index (χ0v) is 80.0. The van der Waals surface area contributed by atoms with E-state index in [0.717, 1.165) is 44.9 Å². The zero-order chi connectivity index (χ0) is 110. The summed E-state index contributed by atoms with van der Waals surface area (Å²) < 4.78 is 172. The second-order valence-corrected chi connectivity index (χ2v) is 35.2. The molecule has 0 aliphatic carbocycles. The summed E-state index contributed by atoms with van der Waals surface area (Å²) in [5, 5.41) is 0. The molecule has 14 aromatic rings. The maximum absolute atomic E-state index is 8.20. The molecule has 7 nitrogen and oxygen atoms in total. The molecule has 1 atom stereocenters. The third kappa shape index (κ3) is 26.8. The fraction of sp³-hybridized carbons (Fsp3) is 0.347. The molecule has 0 saturated carbocycles. The predicted molar refractivity (Wildman–Crippen MR) is 532 cm³/mol. The molecule has 0 aliphatic rings. The van der Waals surface area contributed by atoms with Gasteiger partial charge in [-0.05, 0) is 298 Å². The van der Waals surface area contributed by atoms with Crippen LogP contribution >= 0.6 is 0 Å². The van der Waals surface area contributed by atoms with Crippen molar-refractivity contribution in [1.29, 1.82) is 0 Å². The Bertz CT molecular complexity index is 6710. The fourth-order valence-corrected chi connectivity index (χ4v) is 15.5. The first-order chi connectivity index (χ1) is 67.3. The van der Waals surface area contributed by atoms with E-state index < -0.39 is 53.4 Å². The highest BCUT2D eigenvalue weighted by molar-refractivity contribution is 5.68. The maximum atomic E-state index is 8.20. The van der Waals surface area contributed by atoms with Crippen molar-refractivity contribution in [3.63, 3.8) is 0 Å². The SMILES string of the molecule is Cc1cc(-c2ccc(C(C)C)cc2C)[n+](C)cc1C.Cc1cc(C(C)C)ccc1-c1ccc(C(C)C)c[n+]1C.Cc1ccc(-c2cc(C)c(C)c[n+]2C)c(C)c1.Cc1ccc(-c2ccc(C(C)C)c[n+]2C)c(C)c1.[2H]C([2H])([2H])c1ccc(-c2ccc(C([2H])(C)C([2H])([2H])[2H])cc2C)[n+](C)c1.[2H]C([2H])([2H])c1ccc(-c2ccc(C([2H])([2H])C([2H])([2H])[2H])cc2C)[n+](C)c1.[2H]C([2H])([2H])c1ccc(-c2ccc(C([2H])([2H])[2H])c[n+]2C)c(C)c1. The third-order valence-corrected chi connectivity index (χ3v) is 23.3. The van der Waals surface area contributed by atoms with Crippen molar-refractivity contribution in [2.75, 3.05) is 0 Å². The van der Waals surface area contributed by atoms with Gasteiger partial charge < -0.3 is 0 Å². The molecule has 0 radical (unpaired) electrons. The first-order valence-corrected chi connectivity index (χ1v) is 43.4. The van der Waals surface area contributed by atoms with Crippen molar-refractivity contribution in [2.45, 2.75) is 229 Å². The van der Waals surface area contributed by atoms with Crippen LogP contribution in [0.4, 0.5) is 0 Å². The highest BCUT2D eigenvalue weighted by atomic mass is 15.0. The summed E-state index contributed by atoms with van der Waals surface area (Å²) in [5.74, 6) is 0.619. The summed E-state index contributed by atoms with van der Waals surface area (Å²) in [4.78, 5) is 0. The molecule has 7 heterocycles. The number of hydrogen-bond acceptors (Lipinski definition) is 0. The first-order valence-electron chi connectivity index (χ1n) is 53.9. The molecule has 0 amide bonds. The fourth-order valence-electron chi connectivity index (χ4n) is 15.5. The Morgan fingerprint density at radius 1 is 0.232 bits per heavy atom. The van der Waals surface area contributed by atoms with Crippen molar-refractivity contribution in [3.8, 4) is 78.8 Å². The van der Waals surface area contributed by atoms with Gasteiger partial charge in [0.25, 0.3) is 0 Å². The van der Waals surface area contributed by atoms with Crippen LogP contribution in [0.15, 0.2) is 244 Å². The van der Waals surface area contributed by atoms with Gasteiger partial charge in [0.05, 0.1) is 0 Å². The third-order valence-electron chi connectivity index (χ3n) is 23.3. The average molecular weight is 1690 g/mol. The van der Waals surface area contributed by atoms with Crippen LogP contribution in [0.2, 0.25) is 0 Å². The van der Waals surface area contributed by atoms with Crippen LogP contribution < -0.4 is 32.0 Å². The molecule has 125 heavy (non-hydrogen) atoms. The van der Waals surface area contributed by atoms with Gasteiger partial charge >= 0.3 is 0 Å². The molecule has 652 valence electrons. The Balaban J connectivity index is 0.000000209. The average Bonchev–Trinajstić information content (AvgIpc) is 0.764. The van der Waals surface area contributed by atoms with Gasteiger partial charge in [-0.2, -0.15) is 0 Å². The van der Waals surface area contributed by atoms with Crippen LogP contribution in [0.3, 0.4) is 0 Å². The minimum Gasteiger partial charge on any atom is -0.201 e. The van der Waals surface area contributed by atoms with Crippen LogP contribution in [0.1, 0.15) is 262 Å². The van der Waals surface area contributed by atoms with Crippen LogP contribution in [-0.4, -0.2) is 0 Å². The van der Waals surface area contributed by atoms with E-state index in [1.165, 1.54) is 154 Å². The lowest BCUT2D eigenvalue weighted by atomic mass is 9.95. The number of aryl methyl sites for hydroxylation is 25. The number of rotatable bonds is 13. The minimum absolute atomic E-state index is 0.0931. The largest absolute Gasteiger partial charge is 0.212 e. The predicted octanol–water partition coefficient (Wildman–Crippen LogP) is 26.7. The molecule has 0 N–H and O–H groups in total. The highest BCUT2D eigenvalue weighted by Gasteiger charge is 2.22. The molecular formula is C118H152N7+7. The lowest BCUT2D eigenvalue weighted by Crippen LogP contribution is -2.31.